The lowest BCUT2D eigenvalue weighted by molar-refractivity contribution is -0.133. The van der Waals surface area contributed by atoms with Crippen LogP contribution in [0.25, 0.3) is 0 Å². The van der Waals surface area contributed by atoms with Crippen LogP contribution in [0.15, 0.2) is 16.5 Å². The van der Waals surface area contributed by atoms with E-state index in [0.717, 1.165) is 54.4 Å². The van der Waals surface area contributed by atoms with E-state index in [-0.39, 0.29) is 11.8 Å². The minimum Gasteiger partial charge on any atom is -0.466 e. The van der Waals surface area contributed by atoms with Crippen LogP contribution in [-0.4, -0.2) is 34.1 Å². The molecule has 5 nitrogen and oxygen atoms in total. The fraction of sp³-hybridized carbons (Fsp3) is 0.556. The summed E-state index contributed by atoms with van der Waals surface area (Å²) < 4.78 is 5.58. The molecule has 1 N–H and O–H groups in total. The first kappa shape index (κ1) is 15.8. The van der Waals surface area contributed by atoms with Crippen LogP contribution in [0, 0.1) is 20.8 Å². The van der Waals surface area contributed by atoms with E-state index in [0.29, 0.717) is 5.92 Å². The Kier molecular flexibility index (Phi) is 4.28. The first-order valence-corrected chi connectivity index (χ1v) is 8.33. The monoisotopic (exact) mass is 315 g/mol. The molecule has 1 fully saturated rings. The van der Waals surface area contributed by atoms with Crippen molar-refractivity contribution in [2.24, 2.45) is 0 Å². The molecule has 0 spiro atoms. The van der Waals surface area contributed by atoms with Crippen molar-refractivity contribution in [2.75, 3.05) is 13.1 Å². The van der Waals surface area contributed by atoms with Gasteiger partial charge in [-0.25, -0.2) is 0 Å². The second-order valence-electron chi connectivity index (χ2n) is 6.69. The third kappa shape index (κ3) is 3.19. The molecule has 1 saturated heterocycles. The van der Waals surface area contributed by atoms with Crippen molar-refractivity contribution in [3.8, 4) is 0 Å². The smallest absolute Gasteiger partial charge is 0.229 e. The highest BCUT2D eigenvalue weighted by Gasteiger charge is 2.30. The number of piperidine rings is 1. The van der Waals surface area contributed by atoms with E-state index in [4.69, 9.17) is 4.42 Å². The van der Waals surface area contributed by atoms with Crippen molar-refractivity contribution in [2.45, 2.75) is 52.4 Å². The number of likely N-dealkylation sites (tertiary alicyclic amines) is 1. The predicted octanol–water partition coefficient (Wildman–Crippen LogP) is 3.44. The molecule has 0 radical (unpaired) electrons. The molecule has 1 amide bonds. The number of nitrogens with zero attached hydrogens (tertiary/aromatic N) is 2. The highest BCUT2D eigenvalue weighted by Crippen LogP contribution is 2.30. The lowest BCUT2D eigenvalue weighted by Crippen LogP contribution is -2.41. The lowest BCUT2D eigenvalue weighted by atomic mass is 9.92. The largest absolute Gasteiger partial charge is 0.466 e. The van der Waals surface area contributed by atoms with Crippen LogP contribution in [0.3, 0.4) is 0 Å². The second-order valence-corrected chi connectivity index (χ2v) is 6.69. The van der Waals surface area contributed by atoms with Gasteiger partial charge in [0.05, 0.1) is 11.6 Å². The van der Waals surface area contributed by atoms with Crippen LogP contribution in [0.1, 0.15) is 60.1 Å². The normalized spacial score (nSPS) is 19.8. The van der Waals surface area contributed by atoms with Gasteiger partial charge in [-0.05, 0) is 52.7 Å². The Balaban J connectivity index is 1.73. The number of hydrogen-bond acceptors (Lipinski definition) is 3. The number of rotatable bonds is 3. The van der Waals surface area contributed by atoms with Crippen molar-refractivity contribution in [1.82, 2.24) is 15.1 Å². The quantitative estimate of drug-likeness (QED) is 0.944. The molecule has 23 heavy (non-hydrogen) atoms. The van der Waals surface area contributed by atoms with Gasteiger partial charge in [0.15, 0.2) is 0 Å². The molecule has 1 aliphatic rings. The molecule has 5 heteroatoms. The fourth-order valence-electron chi connectivity index (χ4n) is 3.55. The number of amides is 1. The van der Waals surface area contributed by atoms with E-state index >= 15 is 0 Å². The van der Waals surface area contributed by atoms with Crippen LogP contribution < -0.4 is 0 Å². The molecule has 3 heterocycles. The van der Waals surface area contributed by atoms with Crippen molar-refractivity contribution >= 4 is 5.91 Å². The summed E-state index contributed by atoms with van der Waals surface area (Å²) in [5, 5.41) is 7.38. The number of aromatic nitrogens is 2. The summed E-state index contributed by atoms with van der Waals surface area (Å²) >= 11 is 0. The number of furan rings is 1. The van der Waals surface area contributed by atoms with E-state index in [1.807, 2.05) is 38.7 Å². The minimum atomic E-state index is -0.160. The van der Waals surface area contributed by atoms with Crippen molar-refractivity contribution in [3.63, 3.8) is 0 Å². The molecule has 0 aromatic carbocycles. The molecule has 124 valence electrons. The summed E-state index contributed by atoms with van der Waals surface area (Å²) in [5.41, 5.74) is 3.15. The number of nitrogens with one attached hydrogen (secondary N) is 1. The molecule has 2 atom stereocenters. The predicted molar refractivity (Wildman–Crippen MR) is 88.5 cm³/mol. The Morgan fingerprint density at radius 3 is 2.78 bits per heavy atom. The molecule has 0 bridgehead atoms. The standard InChI is InChI=1S/C18H25N3O2/c1-11-8-17(20-19-11)15-6-5-7-21(10-15)18(22)13(3)16-9-12(2)23-14(16)4/h8-9,13,15H,5-7,10H2,1-4H3,(H,19,20)/t13-,15-/m1/s1. The van der Waals surface area contributed by atoms with Crippen LogP contribution in [0.4, 0.5) is 0 Å². The van der Waals surface area contributed by atoms with Crippen LogP contribution in [0.2, 0.25) is 0 Å². The van der Waals surface area contributed by atoms with Crippen LogP contribution in [-0.2, 0) is 4.79 Å². The van der Waals surface area contributed by atoms with E-state index in [2.05, 4.69) is 16.3 Å². The van der Waals surface area contributed by atoms with Gasteiger partial charge >= 0.3 is 0 Å². The molecule has 1 aliphatic heterocycles. The van der Waals surface area contributed by atoms with Gasteiger partial charge in [-0.3, -0.25) is 9.89 Å². The van der Waals surface area contributed by atoms with E-state index in [9.17, 15) is 4.79 Å². The number of H-pyrrole nitrogens is 1. The Morgan fingerprint density at radius 2 is 2.17 bits per heavy atom. The third-order valence-electron chi connectivity index (χ3n) is 4.79. The maximum Gasteiger partial charge on any atom is 0.229 e. The van der Waals surface area contributed by atoms with Gasteiger partial charge in [0.1, 0.15) is 11.5 Å². The molecular weight excluding hydrogens is 290 g/mol. The maximum absolute atomic E-state index is 12.9. The van der Waals surface area contributed by atoms with Gasteiger partial charge in [0.25, 0.3) is 0 Å². The number of carbonyl (C=O) groups is 1. The first-order valence-electron chi connectivity index (χ1n) is 8.33. The third-order valence-corrected chi connectivity index (χ3v) is 4.79. The highest BCUT2D eigenvalue weighted by atomic mass is 16.3. The summed E-state index contributed by atoms with van der Waals surface area (Å²) in [5.74, 6) is 2.07. The summed E-state index contributed by atoms with van der Waals surface area (Å²) in [6.45, 7) is 9.42. The molecule has 2 aromatic rings. The van der Waals surface area contributed by atoms with Gasteiger partial charge in [-0.15, -0.1) is 0 Å². The number of hydrogen-bond donors (Lipinski definition) is 1. The number of carbonyl (C=O) groups excluding carboxylic acids is 1. The zero-order valence-electron chi connectivity index (χ0n) is 14.3. The summed E-state index contributed by atoms with van der Waals surface area (Å²) in [6, 6.07) is 4.07. The Bertz CT molecular complexity index is 701. The fourth-order valence-corrected chi connectivity index (χ4v) is 3.55. The topological polar surface area (TPSA) is 62.1 Å². The SMILES string of the molecule is Cc1cc([C@@H]2CCCN(C(=O)[C@H](C)c3cc(C)oc3C)C2)n[nH]1. The average Bonchev–Trinajstić information content (AvgIpc) is 3.11. The zero-order valence-corrected chi connectivity index (χ0v) is 14.3. The van der Waals surface area contributed by atoms with Crippen molar-refractivity contribution in [3.05, 3.63) is 40.6 Å². The number of aromatic amines is 1. The average molecular weight is 315 g/mol. The molecule has 3 rings (SSSR count). The van der Waals surface area contributed by atoms with Gasteiger partial charge in [-0.2, -0.15) is 5.10 Å². The lowest BCUT2D eigenvalue weighted by Gasteiger charge is -2.33. The highest BCUT2D eigenvalue weighted by molar-refractivity contribution is 5.83. The van der Waals surface area contributed by atoms with Crippen LogP contribution >= 0.6 is 0 Å². The Hall–Kier alpha value is -2.04. The molecule has 0 saturated carbocycles. The van der Waals surface area contributed by atoms with Crippen molar-refractivity contribution < 1.29 is 9.21 Å². The van der Waals surface area contributed by atoms with Gasteiger partial charge < -0.3 is 9.32 Å². The Morgan fingerprint density at radius 1 is 1.39 bits per heavy atom. The molecule has 2 aromatic heterocycles. The van der Waals surface area contributed by atoms with Gasteiger partial charge in [-0.1, -0.05) is 0 Å². The molecular formula is C18H25N3O2. The van der Waals surface area contributed by atoms with Crippen molar-refractivity contribution in [1.29, 1.82) is 0 Å². The Labute approximate surface area is 137 Å². The van der Waals surface area contributed by atoms with E-state index < -0.39 is 0 Å². The van der Waals surface area contributed by atoms with Gasteiger partial charge in [0, 0.05) is 30.3 Å². The van der Waals surface area contributed by atoms with Gasteiger partial charge in [0.2, 0.25) is 5.91 Å². The maximum atomic E-state index is 12.9. The summed E-state index contributed by atoms with van der Waals surface area (Å²) in [6.07, 6.45) is 2.12. The summed E-state index contributed by atoms with van der Waals surface area (Å²) in [7, 11) is 0. The molecule has 0 unspecified atom stereocenters. The second kappa shape index (κ2) is 6.22. The minimum absolute atomic E-state index is 0.160. The van der Waals surface area contributed by atoms with E-state index in [1.54, 1.807) is 0 Å². The first-order chi connectivity index (χ1) is 11.0. The summed E-state index contributed by atoms with van der Waals surface area (Å²) in [4.78, 5) is 14.9. The number of aryl methyl sites for hydroxylation is 3. The van der Waals surface area contributed by atoms with E-state index in [1.165, 1.54) is 0 Å². The molecule has 0 aliphatic carbocycles. The zero-order chi connectivity index (χ0) is 16.6. The van der Waals surface area contributed by atoms with Crippen LogP contribution in [0.5, 0.6) is 0 Å².